The van der Waals surface area contributed by atoms with Gasteiger partial charge >= 0.3 is 6.18 Å². The molecule has 0 aromatic heterocycles. The van der Waals surface area contributed by atoms with E-state index < -0.39 is 29.5 Å². The Bertz CT molecular complexity index is 412. The molecule has 0 aliphatic heterocycles. The highest BCUT2D eigenvalue weighted by Crippen LogP contribution is 2.37. The molecule has 2 atom stereocenters. The predicted molar refractivity (Wildman–Crippen MR) is 65.9 cm³/mol. The maximum absolute atomic E-state index is 12.7. The summed E-state index contributed by atoms with van der Waals surface area (Å²) in [6, 6.07) is 2.89. The monoisotopic (exact) mass is 300 g/mol. The molecule has 2 unspecified atom stereocenters. The van der Waals surface area contributed by atoms with E-state index in [1.807, 2.05) is 0 Å². The van der Waals surface area contributed by atoms with E-state index in [4.69, 9.17) is 11.6 Å². The van der Waals surface area contributed by atoms with Crippen LogP contribution in [-0.4, -0.2) is 22.1 Å². The van der Waals surface area contributed by atoms with Crippen LogP contribution in [0.25, 0.3) is 0 Å². The van der Waals surface area contributed by atoms with Gasteiger partial charge in [-0.05, 0) is 35.9 Å². The Labute approximate surface area is 113 Å². The van der Waals surface area contributed by atoms with Gasteiger partial charge in [0.25, 0.3) is 0 Å². The predicted octanol–water partition coefficient (Wildman–Crippen LogP) is 3.07. The molecule has 7 heteroatoms. The second-order valence-corrected chi connectivity index (χ2v) is 4.64. The van der Waals surface area contributed by atoms with Gasteiger partial charge in [-0.25, -0.2) is 0 Å². The largest absolute Gasteiger partial charge is 0.416 e. The van der Waals surface area contributed by atoms with E-state index in [-0.39, 0.29) is 17.2 Å². The SMILES string of the molecule is OC(CCS)C(O)c1cc(Cl)ccc1C(F)(F)F. The second kappa shape index (κ2) is 6.14. The smallest absolute Gasteiger partial charge is 0.390 e. The summed E-state index contributed by atoms with van der Waals surface area (Å²) in [4.78, 5) is 0. The minimum atomic E-state index is -4.61. The number of thiol groups is 1. The average molecular weight is 301 g/mol. The van der Waals surface area contributed by atoms with Crippen molar-refractivity contribution in [2.24, 2.45) is 0 Å². The van der Waals surface area contributed by atoms with Gasteiger partial charge in [-0.15, -0.1) is 0 Å². The second-order valence-electron chi connectivity index (χ2n) is 3.75. The Balaban J connectivity index is 3.17. The molecule has 0 aliphatic rings. The van der Waals surface area contributed by atoms with Crippen molar-refractivity contribution in [3.63, 3.8) is 0 Å². The zero-order chi connectivity index (χ0) is 13.9. The van der Waals surface area contributed by atoms with Crippen LogP contribution >= 0.6 is 24.2 Å². The van der Waals surface area contributed by atoms with Crippen LogP contribution in [0.2, 0.25) is 5.02 Å². The maximum Gasteiger partial charge on any atom is 0.416 e. The van der Waals surface area contributed by atoms with Crippen LogP contribution in [0.1, 0.15) is 23.7 Å². The molecule has 0 aliphatic carbocycles. The summed E-state index contributed by atoms with van der Waals surface area (Å²) in [5, 5.41) is 19.4. The van der Waals surface area contributed by atoms with E-state index in [2.05, 4.69) is 12.6 Å². The molecule has 102 valence electrons. The molecule has 0 saturated carbocycles. The number of halogens is 4. The van der Waals surface area contributed by atoms with Crippen LogP contribution < -0.4 is 0 Å². The first kappa shape index (κ1) is 15.6. The summed E-state index contributed by atoms with van der Waals surface area (Å²) < 4.78 is 38.2. The molecule has 0 spiro atoms. The lowest BCUT2D eigenvalue weighted by Crippen LogP contribution is -2.22. The van der Waals surface area contributed by atoms with Crippen LogP contribution in [0, 0.1) is 0 Å². The van der Waals surface area contributed by atoms with E-state index in [9.17, 15) is 23.4 Å². The van der Waals surface area contributed by atoms with Gasteiger partial charge in [-0.3, -0.25) is 0 Å². The minimum Gasteiger partial charge on any atom is -0.390 e. The highest BCUT2D eigenvalue weighted by molar-refractivity contribution is 7.80. The third kappa shape index (κ3) is 3.78. The van der Waals surface area contributed by atoms with Gasteiger partial charge in [0.2, 0.25) is 0 Å². The quantitative estimate of drug-likeness (QED) is 0.748. The number of aliphatic hydroxyl groups is 2. The first-order valence-electron chi connectivity index (χ1n) is 5.11. The Morgan fingerprint density at radius 2 is 1.89 bits per heavy atom. The Morgan fingerprint density at radius 3 is 2.39 bits per heavy atom. The van der Waals surface area contributed by atoms with Gasteiger partial charge < -0.3 is 10.2 Å². The molecule has 0 radical (unpaired) electrons. The highest BCUT2D eigenvalue weighted by Gasteiger charge is 2.36. The maximum atomic E-state index is 12.7. The average Bonchev–Trinajstić information content (AvgIpc) is 2.26. The van der Waals surface area contributed by atoms with Gasteiger partial charge in [-0.2, -0.15) is 25.8 Å². The Hall–Kier alpha value is -0.430. The van der Waals surface area contributed by atoms with Gasteiger partial charge in [-0.1, -0.05) is 11.6 Å². The fourth-order valence-corrected chi connectivity index (χ4v) is 1.98. The van der Waals surface area contributed by atoms with Crippen molar-refractivity contribution in [2.75, 3.05) is 5.75 Å². The number of hydrogen-bond donors (Lipinski definition) is 3. The molecule has 0 saturated heterocycles. The van der Waals surface area contributed by atoms with Crippen molar-refractivity contribution in [1.29, 1.82) is 0 Å². The van der Waals surface area contributed by atoms with Gasteiger partial charge in [0.15, 0.2) is 0 Å². The fourth-order valence-electron chi connectivity index (χ4n) is 1.53. The van der Waals surface area contributed by atoms with Crippen molar-refractivity contribution in [2.45, 2.75) is 24.8 Å². The molecule has 18 heavy (non-hydrogen) atoms. The van der Waals surface area contributed by atoms with Crippen molar-refractivity contribution < 1.29 is 23.4 Å². The van der Waals surface area contributed by atoms with E-state index in [0.717, 1.165) is 18.2 Å². The highest BCUT2D eigenvalue weighted by atomic mass is 35.5. The lowest BCUT2D eigenvalue weighted by atomic mass is 9.97. The van der Waals surface area contributed by atoms with Crippen LogP contribution in [0.5, 0.6) is 0 Å². The van der Waals surface area contributed by atoms with Crippen molar-refractivity contribution in [3.8, 4) is 0 Å². The Kier molecular flexibility index (Phi) is 5.33. The summed E-state index contributed by atoms with van der Waals surface area (Å²) >= 11 is 9.47. The lowest BCUT2D eigenvalue weighted by Gasteiger charge is -2.21. The standard InChI is InChI=1S/C11H12ClF3O2S/c12-6-1-2-8(11(13,14)15)7(5-6)10(17)9(16)3-4-18/h1-2,5,9-10,16-18H,3-4H2. The molecular formula is C11H12ClF3O2S. The zero-order valence-electron chi connectivity index (χ0n) is 9.15. The van der Waals surface area contributed by atoms with Crippen LogP contribution in [0.15, 0.2) is 18.2 Å². The number of hydrogen-bond acceptors (Lipinski definition) is 3. The molecular weight excluding hydrogens is 289 g/mol. The first-order chi connectivity index (χ1) is 8.27. The van der Waals surface area contributed by atoms with E-state index >= 15 is 0 Å². The number of rotatable bonds is 4. The third-order valence-electron chi connectivity index (χ3n) is 2.43. The molecule has 0 fully saturated rings. The lowest BCUT2D eigenvalue weighted by molar-refractivity contribution is -0.139. The molecule has 1 aromatic carbocycles. The molecule has 0 heterocycles. The molecule has 2 nitrogen and oxygen atoms in total. The van der Waals surface area contributed by atoms with Crippen molar-refractivity contribution in [3.05, 3.63) is 34.3 Å². The molecule has 0 bridgehead atoms. The topological polar surface area (TPSA) is 40.5 Å². The number of alkyl halides is 3. The summed E-state index contributed by atoms with van der Waals surface area (Å²) in [6.07, 6.45) is -7.50. The summed E-state index contributed by atoms with van der Waals surface area (Å²) in [5.74, 6) is 0.250. The van der Waals surface area contributed by atoms with Crippen LogP contribution in [0.4, 0.5) is 13.2 Å². The number of aliphatic hydroxyl groups excluding tert-OH is 2. The van der Waals surface area contributed by atoms with Crippen LogP contribution in [-0.2, 0) is 6.18 Å². The summed E-state index contributed by atoms with van der Waals surface area (Å²) in [7, 11) is 0. The molecule has 1 rings (SSSR count). The first-order valence-corrected chi connectivity index (χ1v) is 6.12. The molecule has 2 N–H and O–H groups in total. The molecule has 0 amide bonds. The van der Waals surface area contributed by atoms with E-state index in [1.54, 1.807) is 0 Å². The zero-order valence-corrected chi connectivity index (χ0v) is 10.8. The van der Waals surface area contributed by atoms with E-state index in [0.29, 0.717) is 0 Å². The minimum absolute atomic E-state index is 0.0649. The van der Waals surface area contributed by atoms with E-state index in [1.165, 1.54) is 0 Å². The van der Waals surface area contributed by atoms with Crippen LogP contribution in [0.3, 0.4) is 0 Å². The summed E-state index contributed by atoms with van der Waals surface area (Å²) in [5.41, 5.74) is -1.43. The van der Waals surface area contributed by atoms with Gasteiger partial charge in [0.1, 0.15) is 6.10 Å². The Morgan fingerprint density at radius 1 is 1.28 bits per heavy atom. The van der Waals surface area contributed by atoms with Crippen molar-refractivity contribution >= 4 is 24.2 Å². The van der Waals surface area contributed by atoms with Gasteiger partial charge in [0.05, 0.1) is 11.7 Å². The third-order valence-corrected chi connectivity index (χ3v) is 2.92. The fraction of sp³-hybridized carbons (Fsp3) is 0.455. The van der Waals surface area contributed by atoms with Gasteiger partial charge in [0, 0.05) is 5.02 Å². The molecule has 1 aromatic rings. The normalized spacial score (nSPS) is 15.5. The number of benzene rings is 1. The van der Waals surface area contributed by atoms with Crippen molar-refractivity contribution in [1.82, 2.24) is 0 Å². The summed E-state index contributed by atoms with van der Waals surface area (Å²) in [6.45, 7) is 0.